The first-order valence-corrected chi connectivity index (χ1v) is 7.15. The lowest BCUT2D eigenvalue weighted by molar-refractivity contribution is -0.139. The van der Waals surface area contributed by atoms with Crippen molar-refractivity contribution in [3.05, 3.63) is 52.6 Å². The molecule has 1 rings (SSSR count). The third-order valence-electron chi connectivity index (χ3n) is 3.20. The number of aliphatic carboxylic acids is 1. The van der Waals surface area contributed by atoms with Crippen molar-refractivity contribution in [1.82, 2.24) is 0 Å². The number of carbonyl (C=O) groups is 2. The van der Waals surface area contributed by atoms with E-state index in [0.29, 0.717) is 24.0 Å². The SMILES string of the molecule is C=C(C)C(=O)OCCCC(=Cc1ccc(C)cc1C)C(=O)O. The summed E-state index contributed by atoms with van der Waals surface area (Å²) >= 11 is 0. The third kappa shape index (κ3) is 5.56. The summed E-state index contributed by atoms with van der Waals surface area (Å²) in [4.78, 5) is 22.6. The first-order chi connectivity index (χ1) is 10.3. The number of carboxylic acid groups (broad SMARTS) is 1. The van der Waals surface area contributed by atoms with Crippen LogP contribution in [0, 0.1) is 13.8 Å². The molecule has 0 aliphatic carbocycles. The number of hydrogen-bond donors (Lipinski definition) is 1. The molecule has 1 aromatic rings. The maximum Gasteiger partial charge on any atom is 0.333 e. The maximum atomic E-state index is 11.3. The van der Waals surface area contributed by atoms with E-state index in [1.54, 1.807) is 13.0 Å². The summed E-state index contributed by atoms with van der Waals surface area (Å²) < 4.78 is 4.96. The van der Waals surface area contributed by atoms with E-state index in [2.05, 4.69) is 6.58 Å². The normalized spacial score (nSPS) is 11.1. The first kappa shape index (κ1) is 17.7. The summed E-state index contributed by atoms with van der Waals surface area (Å²) in [5, 5.41) is 9.29. The van der Waals surface area contributed by atoms with Crippen molar-refractivity contribution in [3.63, 3.8) is 0 Å². The predicted molar refractivity (Wildman–Crippen MR) is 86.5 cm³/mol. The summed E-state index contributed by atoms with van der Waals surface area (Å²) in [7, 11) is 0. The Balaban J connectivity index is 2.70. The largest absolute Gasteiger partial charge is 0.478 e. The van der Waals surface area contributed by atoms with E-state index in [0.717, 1.165) is 16.7 Å². The van der Waals surface area contributed by atoms with Gasteiger partial charge in [-0.05, 0) is 50.8 Å². The van der Waals surface area contributed by atoms with Crippen molar-refractivity contribution in [1.29, 1.82) is 0 Å². The second kappa shape index (κ2) is 8.17. The molecule has 0 aromatic heterocycles. The average Bonchev–Trinajstić information content (AvgIpc) is 2.43. The Kier molecular flexibility index (Phi) is 6.57. The van der Waals surface area contributed by atoms with E-state index in [1.165, 1.54) is 0 Å². The Morgan fingerprint density at radius 3 is 2.55 bits per heavy atom. The number of aryl methyl sites for hydroxylation is 2. The zero-order valence-corrected chi connectivity index (χ0v) is 13.3. The van der Waals surface area contributed by atoms with Gasteiger partial charge in [-0.3, -0.25) is 0 Å². The highest BCUT2D eigenvalue weighted by Crippen LogP contribution is 2.17. The Morgan fingerprint density at radius 2 is 2.00 bits per heavy atom. The van der Waals surface area contributed by atoms with Gasteiger partial charge in [-0.2, -0.15) is 0 Å². The van der Waals surface area contributed by atoms with Gasteiger partial charge in [0, 0.05) is 11.1 Å². The van der Waals surface area contributed by atoms with E-state index in [9.17, 15) is 14.7 Å². The van der Waals surface area contributed by atoms with Crippen LogP contribution in [0.2, 0.25) is 0 Å². The number of rotatable bonds is 7. The zero-order valence-electron chi connectivity index (χ0n) is 13.3. The van der Waals surface area contributed by atoms with Gasteiger partial charge in [-0.25, -0.2) is 9.59 Å². The highest BCUT2D eigenvalue weighted by molar-refractivity contribution is 5.92. The smallest absolute Gasteiger partial charge is 0.333 e. The third-order valence-corrected chi connectivity index (χ3v) is 3.20. The molecule has 0 bridgehead atoms. The van der Waals surface area contributed by atoms with Gasteiger partial charge in [0.05, 0.1) is 6.61 Å². The zero-order chi connectivity index (χ0) is 16.7. The highest BCUT2D eigenvalue weighted by Gasteiger charge is 2.09. The Bertz CT molecular complexity index is 612. The number of esters is 1. The number of hydrogen-bond acceptors (Lipinski definition) is 3. The van der Waals surface area contributed by atoms with Crippen LogP contribution in [0.1, 0.15) is 36.5 Å². The van der Waals surface area contributed by atoms with Crippen LogP contribution in [0.5, 0.6) is 0 Å². The lowest BCUT2D eigenvalue weighted by Crippen LogP contribution is -2.08. The molecule has 0 fully saturated rings. The average molecular weight is 302 g/mol. The quantitative estimate of drug-likeness (QED) is 0.474. The fraction of sp³-hybridized carbons (Fsp3) is 0.333. The number of ether oxygens (including phenoxy) is 1. The van der Waals surface area contributed by atoms with E-state index in [1.807, 2.05) is 32.0 Å². The summed E-state index contributed by atoms with van der Waals surface area (Å²) in [5.74, 6) is -1.40. The molecule has 0 unspecified atom stereocenters. The Hall–Kier alpha value is -2.36. The molecule has 0 atom stereocenters. The maximum absolute atomic E-state index is 11.3. The van der Waals surface area contributed by atoms with Gasteiger partial charge in [-0.1, -0.05) is 30.3 Å². The molecule has 0 amide bonds. The van der Waals surface area contributed by atoms with E-state index < -0.39 is 11.9 Å². The molecule has 0 heterocycles. The van der Waals surface area contributed by atoms with E-state index in [4.69, 9.17) is 4.74 Å². The monoisotopic (exact) mass is 302 g/mol. The van der Waals surface area contributed by atoms with Crippen molar-refractivity contribution in [3.8, 4) is 0 Å². The van der Waals surface area contributed by atoms with Crippen molar-refractivity contribution in [2.45, 2.75) is 33.6 Å². The lowest BCUT2D eigenvalue weighted by Gasteiger charge is -2.07. The first-order valence-electron chi connectivity index (χ1n) is 7.15. The van der Waals surface area contributed by atoms with Gasteiger partial charge < -0.3 is 9.84 Å². The minimum Gasteiger partial charge on any atom is -0.478 e. The van der Waals surface area contributed by atoms with Crippen molar-refractivity contribution in [2.24, 2.45) is 0 Å². The molecule has 0 aliphatic heterocycles. The predicted octanol–water partition coefficient (Wildman–Crippen LogP) is 3.67. The Morgan fingerprint density at radius 1 is 1.32 bits per heavy atom. The summed E-state index contributed by atoms with van der Waals surface area (Å²) in [5.41, 5.74) is 3.70. The minimum atomic E-state index is -0.953. The lowest BCUT2D eigenvalue weighted by atomic mass is 10.0. The van der Waals surface area contributed by atoms with Crippen molar-refractivity contribution in [2.75, 3.05) is 6.61 Å². The Labute approximate surface area is 131 Å². The highest BCUT2D eigenvalue weighted by atomic mass is 16.5. The van der Waals surface area contributed by atoms with Gasteiger partial charge in [0.25, 0.3) is 0 Å². The van der Waals surface area contributed by atoms with Crippen LogP contribution in [0.15, 0.2) is 35.9 Å². The molecule has 1 aromatic carbocycles. The van der Waals surface area contributed by atoms with Crippen molar-refractivity contribution < 1.29 is 19.4 Å². The molecule has 0 radical (unpaired) electrons. The van der Waals surface area contributed by atoms with Crippen LogP contribution in [0.4, 0.5) is 0 Å². The van der Waals surface area contributed by atoms with E-state index in [-0.39, 0.29) is 6.61 Å². The fourth-order valence-corrected chi connectivity index (χ4v) is 1.97. The second-order valence-corrected chi connectivity index (χ2v) is 5.35. The topological polar surface area (TPSA) is 63.6 Å². The van der Waals surface area contributed by atoms with Crippen molar-refractivity contribution >= 4 is 18.0 Å². The molecular formula is C18H22O4. The molecule has 4 heteroatoms. The standard InChI is InChI=1S/C18H22O4/c1-12(2)18(21)22-9-5-6-16(17(19)20)11-15-8-7-13(3)10-14(15)4/h7-8,10-11H,1,5-6,9H2,2-4H3,(H,19,20). The van der Waals surface area contributed by atoms with E-state index >= 15 is 0 Å². The van der Waals surface area contributed by atoms with Crippen LogP contribution >= 0.6 is 0 Å². The molecular weight excluding hydrogens is 280 g/mol. The fourth-order valence-electron chi connectivity index (χ4n) is 1.97. The number of carboxylic acids is 1. The second-order valence-electron chi connectivity index (χ2n) is 5.35. The number of carbonyl (C=O) groups excluding carboxylic acids is 1. The van der Waals surface area contributed by atoms with Crippen LogP contribution in [0.3, 0.4) is 0 Å². The van der Waals surface area contributed by atoms with Crippen LogP contribution in [0.25, 0.3) is 6.08 Å². The minimum absolute atomic E-state index is 0.184. The molecule has 0 saturated carbocycles. The molecule has 4 nitrogen and oxygen atoms in total. The van der Waals surface area contributed by atoms with Crippen LogP contribution < -0.4 is 0 Å². The molecule has 0 saturated heterocycles. The van der Waals surface area contributed by atoms with Gasteiger partial charge in [0.15, 0.2) is 0 Å². The molecule has 22 heavy (non-hydrogen) atoms. The molecule has 0 spiro atoms. The molecule has 0 aliphatic rings. The van der Waals surface area contributed by atoms with Crippen LogP contribution in [-0.2, 0) is 14.3 Å². The van der Waals surface area contributed by atoms with Gasteiger partial charge in [-0.15, -0.1) is 0 Å². The van der Waals surface area contributed by atoms with Gasteiger partial charge in [0.2, 0.25) is 0 Å². The molecule has 1 N–H and O–H groups in total. The number of benzene rings is 1. The summed E-state index contributed by atoms with van der Waals surface area (Å²) in [6, 6.07) is 5.88. The van der Waals surface area contributed by atoms with Crippen LogP contribution in [-0.4, -0.2) is 23.7 Å². The summed E-state index contributed by atoms with van der Waals surface area (Å²) in [6.45, 7) is 9.19. The van der Waals surface area contributed by atoms with Gasteiger partial charge in [0.1, 0.15) is 0 Å². The van der Waals surface area contributed by atoms with Gasteiger partial charge >= 0.3 is 11.9 Å². The summed E-state index contributed by atoms with van der Waals surface area (Å²) in [6.07, 6.45) is 2.48. The molecule has 118 valence electrons.